The molecule has 4 nitrogen and oxygen atoms in total. The lowest BCUT2D eigenvalue weighted by molar-refractivity contribution is 0.0920. The van der Waals surface area contributed by atoms with E-state index in [1.54, 1.807) is 11.3 Å². The van der Waals surface area contributed by atoms with Crippen molar-refractivity contribution >= 4 is 17.2 Å². The van der Waals surface area contributed by atoms with Gasteiger partial charge in [0.15, 0.2) is 5.69 Å². The van der Waals surface area contributed by atoms with Crippen molar-refractivity contribution in [3.8, 4) is 0 Å². The molecular formula is C16H21N3OS. The Hall–Kier alpha value is -1.62. The van der Waals surface area contributed by atoms with Crippen molar-refractivity contribution in [2.45, 2.75) is 45.6 Å². The SMILES string of the molecule is CC(C)C(NC(=O)c1n[nH]c2c1CCCC2)c1cccs1. The molecule has 0 saturated heterocycles. The van der Waals surface area contributed by atoms with Crippen LogP contribution in [-0.4, -0.2) is 16.1 Å². The van der Waals surface area contributed by atoms with Crippen molar-refractivity contribution in [2.75, 3.05) is 0 Å². The maximum atomic E-state index is 12.6. The quantitative estimate of drug-likeness (QED) is 0.908. The Labute approximate surface area is 129 Å². The van der Waals surface area contributed by atoms with Crippen LogP contribution in [0.5, 0.6) is 0 Å². The average molecular weight is 303 g/mol. The van der Waals surface area contributed by atoms with Gasteiger partial charge >= 0.3 is 0 Å². The van der Waals surface area contributed by atoms with Gasteiger partial charge < -0.3 is 5.32 Å². The maximum absolute atomic E-state index is 12.6. The summed E-state index contributed by atoms with van der Waals surface area (Å²) in [5.74, 6) is 0.295. The summed E-state index contributed by atoms with van der Waals surface area (Å²) in [5.41, 5.74) is 2.85. The van der Waals surface area contributed by atoms with Crippen LogP contribution in [0.4, 0.5) is 0 Å². The number of nitrogens with one attached hydrogen (secondary N) is 2. The van der Waals surface area contributed by atoms with Gasteiger partial charge in [0.1, 0.15) is 0 Å². The summed E-state index contributed by atoms with van der Waals surface area (Å²) < 4.78 is 0. The second-order valence-corrected chi connectivity index (χ2v) is 6.93. The number of carbonyl (C=O) groups is 1. The molecule has 5 heteroatoms. The van der Waals surface area contributed by atoms with Crippen LogP contribution >= 0.6 is 11.3 Å². The third-order valence-corrected chi connectivity index (χ3v) is 5.03. The number of rotatable bonds is 4. The first-order chi connectivity index (χ1) is 10.2. The molecule has 2 aromatic rings. The minimum Gasteiger partial charge on any atom is -0.343 e. The Morgan fingerprint density at radius 1 is 1.38 bits per heavy atom. The fraction of sp³-hybridized carbons (Fsp3) is 0.500. The number of hydrogen-bond donors (Lipinski definition) is 2. The number of fused-ring (bicyclic) bond motifs is 1. The van der Waals surface area contributed by atoms with Gasteiger partial charge in [-0.05, 0) is 43.0 Å². The molecule has 1 amide bonds. The topological polar surface area (TPSA) is 57.8 Å². The van der Waals surface area contributed by atoms with Gasteiger partial charge in [-0.25, -0.2) is 0 Å². The number of aryl methyl sites for hydroxylation is 1. The van der Waals surface area contributed by atoms with E-state index in [1.165, 1.54) is 11.3 Å². The highest BCUT2D eigenvalue weighted by atomic mass is 32.1. The maximum Gasteiger partial charge on any atom is 0.272 e. The van der Waals surface area contributed by atoms with Crippen LogP contribution in [0.2, 0.25) is 0 Å². The molecule has 21 heavy (non-hydrogen) atoms. The van der Waals surface area contributed by atoms with Crippen LogP contribution in [0, 0.1) is 5.92 Å². The Kier molecular flexibility index (Phi) is 4.10. The van der Waals surface area contributed by atoms with Crippen LogP contribution in [0.1, 0.15) is 59.4 Å². The molecule has 2 heterocycles. The third-order valence-electron chi connectivity index (χ3n) is 4.07. The van der Waals surface area contributed by atoms with Gasteiger partial charge in [-0.2, -0.15) is 5.10 Å². The van der Waals surface area contributed by atoms with Crippen LogP contribution in [0.15, 0.2) is 17.5 Å². The third kappa shape index (κ3) is 2.88. The molecule has 0 aromatic carbocycles. The number of aromatic amines is 1. The molecule has 1 aliphatic carbocycles. The molecule has 1 atom stereocenters. The van der Waals surface area contributed by atoms with E-state index >= 15 is 0 Å². The summed E-state index contributed by atoms with van der Waals surface area (Å²) in [5, 5.41) is 12.5. The Morgan fingerprint density at radius 3 is 2.90 bits per heavy atom. The average Bonchev–Trinajstić information content (AvgIpc) is 3.13. The first-order valence-electron chi connectivity index (χ1n) is 7.57. The molecule has 0 aliphatic heterocycles. The molecule has 1 aliphatic rings. The highest BCUT2D eigenvalue weighted by molar-refractivity contribution is 7.10. The summed E-state index contributed by atoms with van der Waals surface area (Å²) >= 11 is 1.68. The summed E-state index contributed by atoms with van der Waals surface area (Å²) in [7, 11) is 0. The summed E-state index contributed by atoms with van der Waals surface area (Å²) in [6.45, 7) is 4.26. The number of aromatic nitrogens is 2. The molecule has 1 unspecified atom stereocenters. The second-order valence-electron chi connectivity index (χ2n) is 5.95. The Balaban J connectivity index is 1.80. The predicted octanol–water partition coefficient (Wildman–Crippen LogP) is 3.48. The van der Waals surface area contributed by atoms with E-state index < -0.39 is 0 Å². The highest BCUT2D eigenvalue weighted by Gasteiger charge is 2.25. The molecule has 0 fully saturated rings. The highest BCUT2D eigenvalue weighted by Crippen LogP contribution is 2.27. The number of carbonyl (C=O) groups excluding carboxylic acids is 1. The zero-order valence-electron chi connectivity index (χ0n) is 12.5. The normalized spacial score (nSPS) is 15.8. The molecule has 0 spiro atoms. The number of thiophene rings is 1. The smallest absolute Gasteiger partial charge is 0.272 e. The lowest BCUT2D eigenvalue weighted by atomic mass is 9.95. The van der Waals surface area contributed by atoms with Crippen molar-refractivity contribution in [3.05, 3.63) is 39.3 Å². The zero-order valence-corrected chi connectivity index (χ0v) is 13.3. The van der Waals surface area contributed by atoms with E-state index in [0.29, 0.717) is 11.6 Å². The Bertz CT molecular complexity index is 616. The molecular weight excluding hydrogens is 282 g/mol. The van der Waals surface area contributed by atoms with E-state index in [1.807, 2.05) is 11.4 Å². The lowest BCUT2D eigenvalue weighted by Crippen LogP contribution is -2.32. The van der Waals surface area contributed by atoms with E-state index in [0.717, 1.165) is 30.5 Å². The number of nitrogens with zero attached hydrogens (tertiary/aromatic N) is 1. The van der Waals surface area contributed by atoms with Gasteiger partial charge in [0.05, 0.1) is 6.04 Å². The van der Waals surface area contributed by atoms with Gasteiger partial charge in [-0.3, -0.25) is 9.89 Å². The first kappa shape index (κ1) is 14.3. The van der Waals surface area contributed by atoms with Gasteiger partial charge in [0.2, 0.25) is 0 Å². The first-order valence-corrected chi connectivity index (χ1v) is 8.45. The van der Waals surface area contributed by atoms with Crippen molar-refractivity contribution in [1.82, 2.24) is 15.5 Å². The molecule has 0 bridgehead atoms. The van der Waals surface area contributed by atoms with Gasteiger partial charge in [0, 0.05) is 16.1 Å². The minimum atomic E-state index is -0.0542. The summed E-state index contributed by atoms with van der Waals surface area (Å²) in [6.07, 6.45) is 4.29. The van der Waals surface area contributed by atoms with Crippen molar-refractivity contribution in [1.29, 1.82) is 0 Å². The standard InChI is InChI=1S/C16H21N3OS/c1-10(2)14(13-8-5-9-21-13)17-16(20)15-11-6-3-4-7-12(11)18-19-15/h5,8-10,14H,3-4,6-7H2,1-2H3,(H,17,20)(H,18,19). The number of amides is 1. The number of hydrogen-bond acceptors (Lipinski definition) is 3. The van der Waals surface area contributed by atoms with E-state index in [2.05, 4.69) is 35.4 Å². The molecule has 112 valence electrons. The fourth-order valence-electron chi connectivity index (χ4n) is 2.91. The second kappa shape index (κ2) is 6.02. The molecule has 0 saturated carbocycles. The monoisotopic (exact) mass is 303 g/mol. The summed E-state index contributed by atoms with van der Waals surface area (Å²) in [6, 6.07) is 4.15. The van der Waals surface area contributed by atoms with Crippen LogP contribution in [-0.2, 0) is 12.8 Å². The molecule has 3 rings (SSSR count). The molecule has 2 aromatic heterocycles. The van der Waals surface area contributed by atoms with Gasteiger partial charge in [-0.15, -0.1) is 11.3 Å². The van der Waals surface area contributed by atoms with Crippen molar-refractivity contribution < 1.29 is 4.79 Å². The minimum absolute atomic E-state index is 0.0495. The van der Waals surface area contributed by atoms with E-state index in [-0.39, 0.29) is 11.9 Å². The Morgan fingerprint density at radius 2 is 2.19 bits per heavy atom. The van der Waals surface area contributed by atoms with Gasteiger partial charge in [-0.1, -0.05) is 19.9 Å². The van der Waals surface area contributed by atoms with E-state index in [9.17, 15) is 4.79 Å². The van der Waals surface area contributed by atoms with Crippen molar-refractivity contribution in [3.63, 3.8) is 0 Å². The van der Waals surface area contributed by atoms with E-state index in [4.69, 9.17) is 0 Å². The predicted molar refractivity (Wildman–Crippen MR) is 84.6 cm³/mol. The van der Waals surface area contributed by atoms with Gasteiger partial charge in [0.25, 0.3) is 5.91 Å². The summed E-state index contributed by atoms with van der Waals surface area (Å²) in [4.78, 5) is 13.8. The fourth-order valence-corrected chi connectivity index (χ4v) is 3.86. The van der Waals surface area contributed by atoms with Crippen LogP contribution in [0.25, 0.3) is 0 Å². The number of H-pyrrole nitrogens is 1. The molecule has 0 radical (unpaired) electrons. The van der Waals surface area contributed by atoms with Crippen LogP contribution in [0.3, 0.4) is 0 Å². The largest absolute Gasteiger partial charge is 0.343 e. The lowest BCUT2D eigenvalue weighted by Gasteiger charge is -2.21. The van der Waals surface area contributed by atoms with Crippen molar-refractivity contribution in [2.24, 2.45) is 5.92 Å². The van der Waals surface area contributed by atoms with Crippen LogP contribution < -0.4 is 5.32 Å². The molecule has 2 N–H and O–H groups in total. The zero-order chi connectivity index (χ0) is 14.8.